The molecule has 3 N–H and O–H groups in total. The highest BCUT2D eigenvalue weighted by molar-refractivity contribution is 9.10. The van der Waals surface area contributed by atoms with Crippen molar-refractivity contribution in [1.29, 1.82) is 0 Å². The molecule has 2 aliphatic rings. The largest absolute Gasteiger partial charge is 0.490 e. The average Bonchev–Trinajstić information content (AvgIpc) is 3.82. The van der Waals surface area contributed by atoms with Crippen molar-refractivity contribution in [2.75, 3.05) is 13.2 Å². The molecule has 1 aliphatic heterocycles. The van der Waals surface area contributed by atoms with Crippen LogP contribution < -0.4 is 26.2 Å². The lowest BCUT2D eigenvalue weighted by Crippen LogP contribution is -2.41. The van der Waals surface area contributed by atoms with Crippen LogP contribution in [0.4, 0.5) is 4.39 Å². The van der Waals surface area contributed by atoms with Crippen LogP contribution in [-0.4, -0.2) is 51.0 Å². The van der Waals surface area contributed by atoms with Gasteiger partial charge in [-0.05, 0) is 84.2 Å². The Labute approximate surface area is 282 Å². The molecule has 0 bridgehead atoms. The van der Waals surface area contributed by atoms with Gasteiger partial charge in [0.15, 0.2) is 6.61 Å². The Bertz CT molecular complexity index is 1940. The van der Waals surface area contributed by atoms with E-state index in [1.54, 1.807) is 54.3 Å². The normalized spacial score (nSPS) is 14.7. The number of rotatable bonds is 10. The lowest BCUT2D eigenvalue weighted by Gasteiger charge is -2.28. The van der Waals surface area contributed by atoms with E-state index in [0.717, 1.165) is 18.9 Å². The summed E-state index contributed by atoms with van der Waals surface area (Å²) < 4.78 is 29.6. The van der Waals surface area contributed by atoms with Crippen LogP contribution in [0.2, 0.25) is 5.02 Å². The number of nitrogens with two attached hydrogens (primary N) is 1. The first-order valence-corrected chi connectivity index (χ1v) is 16.0. The third kappa shape index (κ3) is 6.91. The molecule has 0 unspecified atom stereocenters. The van der Waals surface area contributed by atoms with Gasteiger partial charge >= 0.3 is 5.69 Å². The third-order valence-electron chi connectivity index (χ3n) is 7.94. The molecule has 0 saturated heterocycles. The van der Waals surface area contributed by atoms with E-state index in [1.807, 2.05) is 0 Å². The van der Waals surface area contributed by atoms with Gasteiger partial charge in [-0.3, -0.25) is 23.5 Å². The molecular weight excluding hydrogens is 697 g/mol. The Morgan fingerprint density at radius 3 is 2.45 bits per heavy atom. The first kappa shape index (κ1) is 32.3. The first-order valence-electron chi connectivity index (χ1n) is 14.9. The van der Waals surface area contributed by atoms with E-state index in [9.17, 15) is 19.2 Å². The molecule has 1 atom stereocenters. The van der Waals surface area contributed by atoms with Crippen LogP contribution in [0, 0.1) is 5.82 Å². The number of carbonyl (C=O) groups is 3. The van der Waals surface area contributed by atoms with Crippen molar-refractivity contribution >= 4 is 45.3 Å². The zero-order valence-electron chi connectivity index (χ0n) is 25.2. The summed E-state index contributed by atoms with van der Waals surface area (Å²) in [6.07, 6.45) is 2.16. The number of primary amides is 1. The van der Waals surface area contributed by atoms with Gasteiger partial charge < -0.3 is 25.4 Å². The molecule has 2 heterocycles. The lowest BCUT2D eigenvalue weighted by molar-refractivity contribution is -0.119. The van der Waals surface area contributed by atoms with Crippen molar-refractivity contribution in [2.45, 2.75) is 45.0 Å². The minimum absolute atomic E-state index is 0.0193. The van der Waals surface area contributed by atoms with Gasteiger partial charge in [-0.15, -0.1) is 0 Å². The number of fused-ring (bicyclic) bond motifs is 1. The molecule has 0 spiro atoms. The van der Waals surface area contributed by atoms with Gasteiger partial charge in [0.2, 0.25) is 0 Å². The molecule has 1 saturated carbocycles. The summed E-state index contributed by atoms with van der Waals surface area (Å²) in [6.45, 7) is 1.53. The maximum absolute atomic E-state index is 15.1. The summed E-state index contributed by atoms with van der Waals surface area (Å²) in [5, 5.41) is 3.19. The standard InChI is InChI=1S/C33H30BrClFN5O6/c1-18(24-10-9-23(15-27(24)36)46-17-29(37)42)38-31(43)30-28-16-39(32(44)19-2-11-25(34)26(35)14-19)12-13-40(28)33(45)41(30)20-3-5-21(6-4-20)47-22-7-8-22/h2-6,9-11,14-15,18,22H,7-8,12-13,16-17H2,1H3,(H2,37,42)(H,38,43)/t18-/m1/s1. The number of amides is 3. The fraction of sp³-hybridized carbons (Fsp3) is 0.273. The zero-order chi connectivity index (χ0) is 33.4. The number of carbonyl (C=O) groups excluding carboxylic acids is 3. The van der Waals surface area contributed by atoms with Crippen LogP contribution >= 0.6 is 27.5 Å². The SMILES string of the molecule is C[C@@H](NC(=O)c1c2n(c(=O)n1-c1ccc(OC3CC3)cc1)CCN(C(=O)c1ccc(Br)c(Cl)c1)C2)c1ccc(OCC(N)=O)cc1F. The maximum Gasteiger partial charge on any atom is 0.333 e. The summed E-state index contributed by atoms with van der Waals surface area (Å²) in [5.74, 6) is -1.58. The van der Waals surface area contributed by atoms with E-state index in [1.165, 1.54) is 21.3 Å². The first-order chi connectivity index (χ1) is 22.5. The number of benzene rings is 3. The second-order valence-electron chi connectivity index (χ2n) is 11.4. The van der Waals surface area contributed by atoms with Gasteiger partial charge in [-0.1, -0.05) is 17.7 Å². The quantitative estimate of drug-likeness (QED) is 0.242. The molecule has 3 amide bonds. The van der Waals surface area contributed by atoms with Crippen LogP contribution in [0.5, 0.6) is 11.5 Å². The van der Waals surface area contributed by atoms with E-state index >= 15 is 4.39 Å². The molecule has 1 aromatic heterocycles. The summed E-state index contributed by atoms with van der Waals surface area (Å²) in [4.78, 5) is 54.1. The van der Waals surface area contributed by atoms with Gasteiger partial charge in [-0.2, -0.15) is 0 Å². The topological polar surface area (TPSA) is 138 Å². The minimum Gasteiger partial charge on any atom is -0.490 e. The van der Waals surface area contributed by atoms with Crippen molar-refractivity contribution in [3.63, 3.8) is 0 Å². The maximum atomic E-state index is 15.1. The molecule has 11 nitrogen and oxygen atoms in total. The van der Waals surface area contributed by atoms with E-state index in [0.29, 0.717) is 32.2 Å². The van der Waals surface area contributed by atoms with Crippen molar-refractivity contribution in [2.24, 2.45) is 5.73 Å². The molecular formula is C33H30BrClFN5O6. The third-order valence-corrected chi connectivity index (χ3v) is 9.17. The summed E-state index contributed by atoms with van der Waals surface area (Å²) in [6, 6.07) is 14.9. The smallest absolute Gasteiger partial charge is 0.333 e. The van der Waals surface area contributed by atoms with E-state index in [-0.39, 0.29) is 48.7 Å². The number of ether oxygens (including phenoxy) is 2. The molecule has 244 valence electrons. The number of halogens is 3. The Morgan fingerprint density at radius 2 is 1.79 bits per heavy atom. The zero-order valence-corrected chi connectivity index (χ0v) is 27.5. The van der Waals surface area contributed by atoms with Crippen LogP contribution in [0.15, 0.2) is 69.9 Å². The second kappa shape index (κ2) is 13.2. The van der Waals surface area contributed by atoms with Crippen molar-refractivity contribution in [1.82, 2.24) is 19.4 Å². The molecule has 1 aliphatic carbocycles. The highest BCUT2D eigenvalue weighted by Crippen LogP contribution is 2.29. The number of imidazole rings is 1. The number of nitrogens with zero attached hydrogens (tertiary/aromatic N) is 3. The minimum atomic E-state index is -0.840. The average molecular weight is 727 g/mol. The number of hydrogen-bond donors (Lipinski definition) is 2. The molecule has 47 heavy (non-hydrogen) atoms. The highest BCUT2D eigenvalue weighted by Gasteiger charge is 2.33. The summed E-state index contributed by atoms with van der Waals surface area (Å²) >= 11 is 9.58. The molecule has 4 aromatic rings. The Balaban J connectivity index is 1.34. The van der Waals surface area contributed by atoms with Crippen LogP contribution in [0.3, 0.4) is 0 Å². The van der Waals surface area contributed by atoms with Gasteiger partial charge in [-0.25, -0.2) is 9.18 Å². The van der Waals surface area contributed by atoms with E-state index in [4.69, 9.17) is 26.8 Å². The van der Waals surface area contributed by atoms with Gasteiger partial charge in [0.1, 0.15) is 23.0 Å². The second-order valence-corrected chi connectivity index (χ2v) is 12.6. The fourth-order valence-electron chi connectivity index (χ4n) is 5.42. The Kier molecular flexibility index (Phi) is 9.11. The van der Waals surface area contributed by atoms with Crippen LogP contribution in [0.1, 0.15) is 57.9 Å². The molecule has 3 aromatic carbocycles. The molecule has 0 radical (unpaired) electrons. The fourth-order valence-corrected chi connectivity index (χ4v) is 5.84. The Morgan fingerprint density at radius 1 is 1.06 bits per heavy atom. The number of aromatic nitrogens is 2. The molecule has 1 fully saturated rings. The number of hydrogen-bond acceptors (Lipinski definition) is 6. The van der Waals surface area contributed by atoms with Gasteiger partial charge in [0.05, 0.1) is 35.1 Å². The van der Waals surface area contributed by atoms with E-state index in [2.05, 4.69) is 21.2 Å². The van der Waals surface area contributed by atoms with Crippen molar-refractivity contribution < 1.29 is 28.2 Å². The van der Waals surface area contributed by atoms with Gasteiger partial charge in [0.25, 0.3) is 17.7 Å². The molecule has 6 rings (SSSR count). The Hall–Kier alpha value is -4.62. The number of nitrogens with one attached hydrogen (secondary N) is 1. The van der Waals surface area contributed by atoms with Crippen LogP contribution in [0.25, 0.3) is 5.69 Å². The van der Waals surface area contributed by atoms with Gasteiger partial charge in [0, 0.05) is 34.8 Å². The molecule has 14 heteroatoms. The van der Waals surface area contributed by atoms with Crippen molar-refractivity contribution in [3.05, 3.63) is 109 Å². The highest BCUT2D eigenvalue weighted by atomic mass is 79.9. The summed E-state index contributed by atoms with van der Waals surface area (Å²) in [5.41, 5.74) is 5.94. The summed E-state index contributed by atoms with van der Waals surface area (Å²) in [7, 11) is 0. The monoisotopic (exact) mass is 725 g/mol. The lowest BCUT2D eigenvalue weighted by atomic mass is 10.1. The predicted molar refractivity (Wildman–Crippen MR) is 175 cm³/mol. The van der Waals surface area contributed by atoms with Crippen molar-refractivity contribution in [3.8, 4) is 17.2 Å². The van der Waals surface area contributed by atoms with Crippen LogP contribution in [-0.2, 0) is 17.9 Å². The van der Waals surface area contributed by atoms with E-state index < -0.39 is 36.0 Å². The predicted octanol–water partition coefficient (Wildman–Crippen LogP) is 4.75.